The summed E-state index contributed by atoms with van der Waals surface area (Å²) in [7, 11) is 0. The predicted molar refractivity (Wildman–Crippen MR) is 107 cm³/mol. The molecule has 0 radical (unpaired) electrons. The molecule has 1 amide bonds. The van der Waals surface area contributed by atoms with Gasteiger partial charge in [-0.15, -0.1) is 0 Å². The molecule has 0 bridgehead atoms. The Labute approximate surface area is 168 Å². The molecule has 8 heteroatoms. The fraction of sp³-hybridized carbons (Fsp3) is 0.429. The molecule has 1 N–H and O–H groups in total. The molecule has 1 aliphatic heterocycles. The van der Waals surface area contributed by atoms with Crippen molar-refractivity contribution in [3.8, 4) is 0 Å². The molecule has 5 nitrogen and oxygen atoms in total. The second-order valence-corrected chi connectivity index (χ2v) is 7.41. The average Bonchev–Trinajstić information content (AvgIpc) is 2.69. The summed E-state index contributed by atoms with van der Waals surface area (Å²) in [5.41, 5.74) is 2.15. The number of pyridine rings is 1. The Morgan fingerprint density at radius 2 is 1.79 bits per heavy atom. The number of amides is 1. The third-order valence-corrected chi connectivity index (χ3v) is 5.29. The molecule has 1 aliphatic rings. The van der Waals surface area contributed by atoms with Crippen LogP contribution in [0.15, 0.2) is 36.5 Å². The van der Waals surface area contributed by atoms with E-state index in [0.29, 0.717) is 32.0 Å². The summed E-state index contributed by atoms with van der Waals surface area (Å²) in [5.74, 6) is 0.449. The number of hydrogen-bond acceptors (Lipinski definition) is 4. The van der Waals surface area contributed by atoms with E-state index < -0.39 is 11.7 Å². The highest BCUT2D eigenvalue weighted by Crippen LogP contribution is 2.29. The molecule has 3 rings (SSSR count). The molecular weight excluding hydrogens is 381 g/mol. The number of anilines is 2. The van der Waals surface area contributed by atoms with E-state index in [-0.39, 0.29) is 11.9 Å². The van der Waals surface area contributed by atoms with Gasteiger partial charge in [-0.2, -0.15) is 13.2 Å². The van der Waals surface area contributed by atoms with Gasteiger partial charge in [-0.1, -0.05) is 12.1 Å². The van der Waals surface area contributed by atoms with Gasteiger partial charge in [-0.25, -0.2) is 4.98 Å². The molecule has 0 unspecified atom stereocenters. The van der Waals surface area contributed by atoms with Gasteiger partial charge in [0.2, 0.25) is 5.91 Å². The summed E-state index contributed by atoms with van der Waals surface area (Å²) in [4.78, 5) is 20.6. The first-order valence-electron chi connectivity index (χ1n) is 9.55. The van der Waals surface area contributed by atoms with Gasteiger partial charge in [-0.3, -0.25) is 9.69 Å². The number of rotatable bonds is 4. The lowest BCUT2D eigenvalue weighted by molar-refractivity contribution is -0.137. The number of piperazine rings is 1. The predicted octanol–water partition coefficient (Wildman–Crippen LogP) is 3.87. The first-order chi connectivity index (χ1) is 13.6. The summed E-state index contributed by atoms with van der Waals surface area (Å²) >= 11 is 0. The van der Waals surface area contributed by atoms with Crippen molar-refractivity contribution in [1.82, 2.24) is 9.88 Å². The van der Waals surface area contributed by atoms with E-state index in [1.54, 1.807) is 0 Å². The lowest BCUT2D eigenvalue weighted by Gasteiger charge is -2.38. The maximum absolute atomic E-state index is 12.7. The van der Waals surface area contributed by atoms with Crippen molar-refractivity contribution in [2.24, 2.45) is 0 Å². The zero-order chi connectivity index (χ0) is 21.2. The van der Waals surface area contributed by atoms with Crippen LogP contribution in [0.2, 0.25) is 0 Å². The molecule has 156 valence electrons. The average molecular weight is 406 g/mol. The van der Waals surface area contributed by atoms with Crippen molar-refractivity contribution in [1.29, 1.82) is 0 Å². The van der Waals surface area contributed by atoms with E-state index in [4.69, 9.17) is 0 Å². The van der Waals surface area contributed by atoms with E-state index >= 15 is 0 Å². The highest BCUT2D eigenvalue weighted by molar-refractivity contribution is 5.95. The van der Waals surface area contributed by atoms with Gasteiger partial charge < -0.3 is 10.2 Å². The first kappa shape index (κ1) is 21.1. The molecule has 0 aliphatic carbocycles. The molecule has 1 aromatic heterocycles. The SMILES string of the molecule is Cc1ccc(C)c(NC(=O)[C@H](C)N2CCN(c3ccc(C(F)(F)F)cn3)CC2)c1. The monoisotopic (exact) mass is 406 g/mol. The van der Waals surface area contributed by atoms with Crippen LogP contribution in [0.3, 0.4) is 0 Å². The van der Waals surface area contributed by atoms with Crippen LogP contribution in [0.25, 0.3) is 0 Å². The third-order valence-electron chi connectivity index (χ3n) is 5.29. The number of halogens is 3. The van der Waals surface area contributed by atoms with Crippen LogP contribution in [-0.2, 0) is 11.0 Å². The van der Waals surface area contributed by atoms with Gasteiger partial charge in [0.1, 0.15) is 5.82 Å². The highest BCUT2D eigenvalue weighted by Gasteiger charge is 2.31. The number of aromatic nitrogens is 1. The summed E-state index contributed by atoms with van der Waals surface area (Å²) in [6.07, 6.45) is -3.52. The van der Waals surface area contributed by atoms with E-state index in [9.17, 15) is 18.0 Å². The van der Waals surface area contributed by atoms with E-state index in [2.05, 4.69) is 15.2 Å². The fourth-order valence-electron chi connectivity index (χ4n) is 3.35. The Morgan fingerprint density at radius 3 is 2.38 bits per heavy atom. The maximum atomic E-state index is 12.7. The fourth-order valence-corrected chi connectivity index (χ4v) is 3.35. The summed E-state index contributed by atoms with van der Waals surface area (Å²) in [6, 6.07) is 8.07. The number of carbonyl (C=O) groups excluding carboxylic acids is 1. The van der Waals surface area contributed by atoms with Crippen molar-refractivity contribution >= 4 is 17.4 Å². The molecule has 2 aromatic rings. The Balaban J connectivity index is 1.57. The van der Waals surface area contributed by atoms with Gasteiger partial charge in [0.05, 0.1) is 11.6 Å². The highest BCUT2D eigenvalue weighted by atomic mass is 19.4. The molecule has 0 saturated carbocycles. The molecule has 1 aromatic carbocycles. The first-order valence-corrected chi connectivity index (χ1v) is 9.55. The van der Waals surface area contributed by atoms with Crippen molar-refractivity contribution in [2.45, 2.75) is 33.0 Å². The number of benzene rings is 1. The van der Waals surface area contributed by atoms with Crippen LogP contribution >= 0.6 is 0 Å². The molecule has 29 heavy (non-hydrogen) atoms. The summed E-state index contributed by atoms with van der Waals surface area (Å²) in [6.45, 7) is 8.25. The van der Waals surface area contributed by atoms with Crippen LogP contribution in [0.4, 0.5) is 24.7 Å². The van der Waals surface area contributed by atoms with Gasteiger partial charge in [0, 0.05) is 38.1 Å². The molecule has 1 fully saturated rings. The van der Waals surface area contributed by atoms with E-state index in [1.807, 2.05) is 43.9 Å². The molecule has 0 spiro atoms. The van der Waals surface area contributed by atoms with Gasteiger partial charge >= 0.3 is 6.18 Å². The normalized spacial score (nSPS) is 16.6. The number of aryl methyl sites for hydroxylation is 2. The van der Waals surface area contributed by atoms with Crippen LogP contribution in [0, 0.1) is 13.8 Å². The van der Waals surface area contributed by atoms with Crippen LogP contribution in [0.5, 0.6) is 0 Å². The van der Waals surface area contributed by atoms with Crippen molar-refractivity contribution in [3.05, 3.63) is 53.2 Å². The Morgan fingerprint density at radius 1 is 1.10 bits per heavy atom. The Hall–Kier alpha value is -2.61. The lowest BCUT2D eigenvalue weighted by Crippen LogP contribution is -2.53. The minimum atomic E-state index is -4.39. The van der Waals surface area contributed by atoms with Crippen molar-refractivity contribution < 1.29 is 18.0 Å². The lowest BCUT2D eigenvalue weighted by atomic mass is 10.1. The number of hydrogen-bond donors (Lipinski definition) is 1. The second-order valence-electron chi connectivity index (χ2n) is 7.41. The summed E-state index contributed by atoms with van der Waals surface area (Å²) < 4.78 is 38.0. The summed E-state index contributed by atoms with van der Waals surface area (Å²) in [5, 5.41) is 3.00. The van der Waals surface area contributed by atoms with E-state index in [0.717, 1.165) is 29.1 Å². The van der Waals surface area contributed by atoms with Gasteiger partial charge in [0.15, 0.2) is 0 Å². The molecule has 2 heterocycles. The van der Waals surface area contributed by atoms with Crippen LogP contribution in [-0.4, -0.2) is 48.0 Å². The third kappa shape index (κ3) is 5.06. The van der Waals surface area contributed by atoms with E-state index in [1.165, 1.54) is 6.07 Å². The number of alkyl halides is 3. The Kier molecular flexibility index (Phi) is 6.12. The Bertz CT molecular complexity index is 859. The number of nitrogens with one attached hydrogen (secondary N) is 1. The smallest absolute Gasteiger partial charge is 0.354 e. The quantitative estimate of drug-likeness (QED) is 0.838. The van der Waals surface area contributed by atoms with Crippen LogP contribution in [0.1, 0.15) is 23.6 Å². The van der Waals surface area contributed by atoms with Gasteiger partial charge in [-0.05, 0) is 50.1 Å². The van der Waals surface area contributed by atoms with Crippen molar-refractivity contribution in [2.75, 3.05) is 36.4 Å². The molecular formula is C21H25F3N4O. The zero-order valence-electron chi connectivity index (χ0n) is 16.8. The number of nitrogens with zero attached hydrogens (tertiary/aromatic N) is 3. The topological polar surface area (TPSA) is 48.5 Å². The second kappa shape index (κ2) is 8.41. The minimum Gasteiger partial charge on any atom is -0.354 e. The maximum Gasteiger partial charge on any atom is 0.417 e. The largest absolute Gasteiger partial charge is 0.417 e. The standard InChI is InChI=1S/C21H25F3N4O/c1-14-4-5-15(2)18(12-14)26-20(29)16(3)27-8-10-28(11-9-27)19-7-6-17(13-25-19)21(22,23)24/h4-7,12-13,16H,8-11H2,1-3H3,(H,26,29)/t16-/m0/s1. The van der Waals surface area contributed by atoms with Gasteiger partial charge in [0.25, 0.3) is 0 Å². The van der Waals surface area contributed by atoms with Crippen molar-refractivity contribution in [3.63, 3.8) is 0 Å². The molecule has 1 saturated heterocycles. The minimum absolute atomic E-state index is 0.0696. The number of carbonyl (C=O) groups is 1. The zero-order valence-corrected chi connectivity index (χ0v) is 16.8. The van der Waals surface area contributed by atoms with Crippen LogP contribution < -0.4 is 10.2 Å². The molecule has 1 atom stereocenters.